The molecular formula is C21H26N6O2S. The van der Waals surface area contributed by atoms with Crippen molar-refractivity contribution < 1.29 is 9.21 Å². The number of hydrogen-bond acceptors (Lipinski definition) is 8. The lowest BCUT2D eigenvalue weighted by atomic mass is 9.87. The number of likely N-dealkylation sites (tertiary alicyclic amines) is 1. The summed E-state index contributed by atoms with van der Waals surface area (Å²) >= 11 is 1.71. The van der Waals surface area contributed by atoms with Gasteiger partial charge in [0.2, 0.25) is 5.76 Å². The van der Waals surface area contributed by atoms with Crippen molar-refractivity contribution in [2.45, 2.75) is 37.6 Å². The summed E-state index contributed by atoms with van der Waals surface area (Å²) in [6.07, 6.45) is 8.47. The van der Waals surface area contributed by atoms with Crippen LogP contribution in [-0.4, -0.2) is 65.0 Å². The number of anilines is 2. The maximum absolute atomic E-state index is 13.0. The average molecular weight is 427 g/mol. The molecule has 5 rings (SSSR count). The fourth-order valence-electron chi connectivity index (χ4n) is 4.87. The van der Waals surface area contributed by atoms with Gasteiger partial charge in [0.05, 0.1) is 16.4 Å². The lowest BCUT2D eigenvalue weighted by Crippen LogP contribution is -2.45. The van der Waals surface area contributed by atoms with Crippen LogP contribution in [-0.2, 0) is 0 Å². The van der Waals surface area contributed by atoms with E-state index in [0.717, 1.165) is 61.2 Å². The van der Waals surface area contributed by atoms with Gasteiger partial charge in [0, 0.05) is 39.3 Å². The van der Waals surface area contributed by atoms with Gasteiger partial charge in [0.15, 0.2) is 0 Å². The summed E-state index contributed by atoms with van der Waals surface area (Å²) in [4.78, 5) is 32.5. The summed E-state index contributed by atoms with van der Waals surface area (Å²) in [6, 6.07) is 2.51. The van der Waals surface area contributed by atoms with Crippen molar-refractivity contribution >= 4 is 39.3 Å². The second-order valence-electron chi connectivity index (χ2n) is 8.36. The molecule has 0 bridgehead atoms. The molecule has 2 aliphatic rings. The Hall–Kier alpha value is -2.68. The number of carbonyl (C=O) groups excluding carboxylic acids is 1. The molecule has 0 saturated carbocycles. The van der Waals surface area contributed by atoms with Crippen LogP contribution >= 0.6 is 11.3 Å². The van der Waals surface area contributed by atoms with Gasteiger partial charge >= 0.3 is 0 Å². The van der Waals surface area contributed by atoms with Crippen LogP contribution in [0.15, 0.2) is 28.4 Å². The number of aromatic nitrogens is 3. The van der Waals surface area contributed by atoms with Crippen LogP contribution in [0.4, 0.5) is 11.8 Å². The van der Waals surface area contributed by atoms with Gasteiger partial charge in [-0.15, -0.1) is 11.3 Å². The molecular weight excluding hydrogens is 400 g/mol. The molecule has 30 heavy (non-hydrogen) atoms. The summed E-state index contributed by atoms with van der Waals surface area (Å²) in [6.45, 7) is 2.46. The van der Waals surface area contributed by atoms with Crippen molar-refractivity contribution in [3.05, 3.63) is 29.7 Å². The number of fused-ring (bicyclic) bond motifs is 1. The maximum atomic E-state index is 13.0. The average Bonchev–Trinajstić information content (AvgIpc) is 3.46. The van der Waals surface area contributed by atoms with E-state index in [1.807, 2.05) is 19.0 Å². The van der Waals surface area contributed by atoms with Gasteiger partial charge in [0.25, 0.3) is 11.9 Å². The van der Waals surface area contributed by atoms with Crippen molar-refractivity contribution in [1.29, 1.82) is 0 Å². The molecule has 0 N–H and O–H groups in total. The summed E-state index contributed by atoms with van der Waals surface area (Å²) in [5.41, 5.74) is 1.07. The zero-order chi connectivity index (χ0) is 20.7. The Morgan fingerprint density at radius 3 is 2.77 bits per heavy atom. The first-order valence-corrected chi connectivity index (χ1v) is 11.3. The van der Waals surface area contributed by atoms with Crippen molar-refractivity contribution in [2.24, 2.45) is 0 Å². The highest BCUT2D eigenvalue weighted by molar-refractivity contribution is 7.17. The van der Waals surface area contributed by atoms with E-state index in [1.54, 1.807) is 22.6 Å². The Morgan fingerprint density at radius 2 is 1.97 bits per heavy atom. The van der Waals surface area contributed by atoms with E-state index in [2.05, 4.69) is 31.3 Å². The number of oxazole rings is 1. The molecule has 158 valence electrons. The Bertz CT molecular complexity index is 1060. The molecule has 3 aromatic heterocycles. The third kappa shape index (κ3) is 3.21. The Morgan fingerprint density at radius 1 is 1.13 bits per heavy atom. The zero-order valence-electron chi connectivity index (χ0n) is 17.4. The number of amides is 1. The smallest absolute Gasteiger partial charge is 0.297 e. The molecule has 1 atom stereocenters. The number of nitrogens with zero attached hydrogens (tertiary/aromatic N) is 6. The van der Waals surface area contributed by atoms with Crippen molar-refractivity contribution in [1.82, 2.24) is 19.9 Å². The predicted molar refractivity (Wildman–Crippen MR) is 117 cm³/mol. The van der Waals surface area contributed by atoms with E-state index < -0.39 is 0 Å². The normalized spacial score (nSPS) is 22.1. The van der Waals surface area contributed by atoms with Crippen LogP contribution in [0.1, 0.15) is 42.7 Å². The van der Waals surface area contributed by atoms with E-state index in [0.29, 0.717) is 18.3 Å². The maximum Gasteiger partial charge on any atom is 0.297 e. The van der Waals surface area contributed by atoms with E-state index in [1.165, 1.54) is 6.20 Å². The third-order valence-corrected chi connectivity index (χ3v) is 7.27. The minimum Gasteiger partial charge on any atom is -0.418 e. The van der Waals surface area contributed by atoms with Crippen LogP contribution in [0, 0.1) is 0 Å². The first kappa shape index (κ1) is 19.3. The van der Waals surface area contributed by atoms with Crippen molar-refractivity contribution in [2.75, 3.05) is 43.5 Å². The first-order chi connectivity index (χ1) is 14.6. The van der Waals surface area contributed by atoms with Crippen molar-refractivity contribution in [3.63, 3.8) is 0 Å². The minimum atomic E-state index is -0.0696. The van der Waals surface area contributed by atoms with E-state index in [9.17, 15) is 4.79 Å². The lowest BCUT2D eigenvalue weighted by molar-refractivity contribution is 0.0728. The molecule has 5 heterocycles. The first-order valence-electron chi connectivity index (χ1n) is 10.5. The van der Waals surface area contributed by atoms with Crippen molar-refractivity contribution in [3.8, 4) is 0 Å². The van der Waals surface area contributed by atoms with Gasteiger partial charge in [-0.3, -0.25) is 4.79 Å². The van der Waals surface area contributed by atoms with E-state index in [4.69, 9.17) is 4.42 Å². The third-order valence-electron chi connectivity index (χ3n) is 6.37. The lowest BCUT2D eigenvalue weighted by Gasteiger charge is -2.39. The van der Waals surface area contributed by atoms with Crippen LogP contribution in [0.25, 0.3) is 10.2 Å². The number of hydrogen-bond donors (Lipinski definition) is 0. The summed E-state index contributed by atoms with van der Waals surface area (Å²) in [5.74, 6) is 1.30. The largest absolute Gasteiger partial charge is 0.418 e. The van der Waals surface area contributed by atoms with Gasteiger partial charge in [-0.1, -0.05) is 0 Å². The fourth-order valence-corrected chi connectivity index (χ4v) is 5.71. The number of rotatable bonds is 3. The van der Waals surface area contributed by atoms with Crippen LogP contribution in [0.5, 0.6) is 0 Å². The van der Waals surface area contributed by atoms with Gasteiger partial charge in [-0.25, -0.2) is 15.0 Å². The standard InChI is InChI=1S/C21H26N6O2S/c1-25(2)20-22-13-16(29-20)19(28)26-9-3-6-21(8-11-26)7-4-10-27(21)18-17-15(5-12-30-17)23-14-24-18/h5,12-14H,3-4,6-11H2,1-2H3/t21-/m1/s1. The molecule has 0 radical (unpaired) electrons. The van der Waals surface area contributed by atoms with Gasteiger partial charge < -0.3 is 19.1 Å². The number of thiophene rings is 1. The van der Waals surface area contributed by atoms with E-state index in [-0.39, 0.29) is 11.4 Å². The fraction of sp³-hybridized carbons (Fsp3) is 0.524. The summed E-state index contributed by atoms with van der Waals surface area (Å²) < 4.78 is 6.81. The Labute approximate surface area is 179 Å². The molecule has 1 amide bonds. The van der Waals surface area contributed by atoms with Gasteiger partial charge in [-0.2, -0.15) is 0 Å². The second kappa shape index (κ2) is 7.54. The van der Waals surface area contributed by atoms with Gasteiger partial charge in [-0.05, 0) is 43.6 Å². The summed E-state index contributed by atoms with van der Waals surface area (Å²) in [5, 5.41) is 2.08. The highest BCUT2D eigenvalue weighted by atomic mass is 32.1. The molecule has 2 saturated heterocycles. The van der Waals surface area contributed by atoms with Gasteiger partial charge in [0.1, 0.15) is 12.1 Å². The van der Waals surface area contributed by atoms with Crippen LogP contribution in [0.3, 0.4) is 0 Å². The van der Waals surface area contributed by atoms with Crippen LogP contribution < -0.4 is 9.80 Å². The second-order valence-corrected chi connectivity index (χ2v) is 9.28. The zero-order valence-corrected chi connectivity index (χ0v) is 18.2. The topological polar surface area (TPSA) is 78.6 Å². The Kier molecular flexibility index (Phi) is 4.85. The molecule has 2 aliphatic heterocycles. The highest BCUT2D eigenvalue weighted by Gasteiger charge is 2.43. The molecule has 0 unspecified atom stereocenters. The highest BCUT2D eigenvalue weighted by Crippen LogP contribution is 2.43. The Balaban J connectivity index is 1.37. The molecule has 0 aliphatic carbocycles. The van der Waals surface area contributed by atoms with E-state index >= 15 is 0 Å². The molecule has 9 heteroatoms. The molecule has 3 aromatic rings. The van der Waals surface area contributed by atoms with Crippen LogP contribution in [0.2, 0.25) is 0 Å². The monoisotopic (exact) mass is 426 g/mol. The molecule has 8 nitrogen and oxygen atoms in total. The number of carbonyl (C=O) groups is 1. The molecule has 1 spiro atoms. The molecule has 0 aromatic carbocycles. The SMILES string of the molecule is CN(C)c1ncc(C(=O)N2CCC[C@@]3(CCCN3c3ncnc4ccsc34)CC2)o1. The quantitative estimate of drug-likeness (QED) is 0.635. The molecule has 2 fully saturated rings. The summed E-state index contributed by atoms with van der Waals surface area (Å²) in [7, 11) is 3.70. The minimum absolute atomic E-state index is 0.0521. The predicted octanol–water partition coefficient (Wildman–Crippen LogP) is 3.41.